The van der Waals surface area contributed by atoms with Crippen LogP contribution in [0.4, 0.5) is 4.79 Å². The highest BCUT2D eigenvalue weighted by molar-refractivity contribution is 6.02. The second-order valence-electron chi connectivity index (χ2n) is 10.8. The van der Waals surface area contributed by atoms with Gasteiger partial charge in [0.2, 0.25) is 5.91 Å². The molecule has 0 aromatic heterocycles. The van der Waals surface area contributed by atoms with E-state index in [1.54, 1.807) is 41.5 Å². The maximum atomic E-state index is 13.2. The number of hydrogen-bond donors (Lipinski definition) is 0. The lowest BCUT2D eigenvalue weighted by atomic mass is 10.0. The van der Waals surface area contributed by atoms with E-state index < -0.39 is 64.5 Å². The number of ether oxygens (including phenoxy) is 5. The summed E-state index contributed by atoms with van der Waals surface area (Å²) in [5.41, 5.74) is -2.05. The molecule has 2 bridgehead atoms. The van der Waals surface area contributed by atoms with E-state index in [4.69, 9.17) is 23.7 Å². The van der Waals surface area contributed by atoms with E-state index in [2.05, 4.69) is 0 Å². The van der Waals surface area contributed by atoms with Gasteiger partial charge >= 0.3 is 18.0 Å². The topological polar surface area (TPSA) is 101 Å². The Morgan fingerprint density at radius 2 is 1.70 bits per heavy atom. The van der Waals surface area contributed by atoms with Crippen LogP contribution >= 0.6 is 0 Å². The van der Waals surface area contributed by atoms with Crippen LogP contribution in [0.25, 0.3) is 0 Å². The molecule has 2 unspecified atom stereocenters. The van der Waals surface area contributed by atoms with Crippen molar-refractivity contribution in [3.8, 4) is 0 Å². The molecule has 0 spiro atoms. The van der Waals surface area contributed by atoms with Gasteiger partial charge in [-0.25, -0.2) is 9.69 Å². The number of rotatable bonds is 2. The molecule has 168 valence electrons. The largest absolute Gasteiger partial charge is 0.460 e. The van der Waals surface area contributed by atoms with E-state index in [0.717, 1.165) is 4.90 Å². The summed E-state index contributed by atoms with van der Waals surface area (Å²) in [5.74, 6) is -4.42. The predicted octanol–water partition coefficient (Wildman–Crippen LogP) is 2.22. The molecule has 4 rings (SSSR count). The molecule has 2 amide bonds. The molecule has 3 saturated heterocycles. The van der Waals surface area contributed by atoms with Crippen LogP contribution in [0.15, 0.2) is 0 Å². The minimum absolute atomic E-state index is 0.272. The summed E-state index contributed by atoms with van der Waals surface area (Å²) < 4.78 is 29.0. The fourth-order valence-electron chi connectivity index (χ4n) is 4.59. The second kappa shape index (κ2) is 6.40. The van der Waals surface area contributed by atoms with Gasteiger partial charge in [0.05, 0.1) is 30.7 Å². The molecule has 0 N–H and O–H groups in total. The van der Waals surface area contributed by atoms with Gasteiger partial charge in [0, 0.05) is 12.3 Å². The normalized spacial score (nSPS) is 40.2. The fourth-order valence-corrected chi connectivity index (χ4v) is 4.59. The third kappa shape index (κ3) is 3.50. The Morgan fingerprint density at radius 3 is 2.30 bits per heavy atom. The van der Waals surface area contributed by atoms with Crippen LogP contribution in [0.2, 0.25) is 0 Å². The molecule has 1 aliphatic carbocycles. The van der Waals surface area contributed by atoms with Crippen LogP contribution in [0.5, 0.6) is 0 Å². The van der Waals surface area contributed by atoms with Gasteiger partial charge in [-0.15, -0.1) is 0 Å². The number of carbonyl (C=O) groups excluding carboxylic acids is 3. The summed E-state index contributed by atoms with van der Waals surface area (Å²) in [7, 11) is 0. The van der Waals surface area contributed by atoms with Gasteiger partial charge in [-0.2, -0.15) is 0 Å². The molecule has 4 fully saturated rings. The van der Waals surface area contributed by atoms with Gasteiger partial charge in [-0.3, -0.25) is 9.59 Å². The molecule has 6 atom stereocenters. The fraction of sp³-hybridized carbons (Fsp3) is 0.857. The van der Waals surface area contributed by atoms with Crippen LogP contribution in [0, 0.1) is 17.8 Å². The van der Waals surface area contributed by atoms with Crippen molar-refractivity contribution in [3.63, 3.8) is 0 Å². The highest BCUT2D eigenvalue weighted by Crippen LogP contribution is 2.62. The van der Waals surface area contributed by atoms with Crippen molar-refractivity contribution >= 4 is 18.0 Å². The summed E-state index contributed by atoms with van der Waals surface area (Å²) in [5, 5.41) is 0. The summed E-state index contributed by atoms with van der Waals surface area (Å²) in [6.07, 6.45) is -0.164. The number of likely N-dealkylation sites (tertiary alicyclic amines) is 1. The molecule has 1 saturated carbocycles. The van der Waals surface area contributed by atoms with Gasteiger partial charge in [-0.1, -0.05) is 0 Å². The van der Waals surface area contributed by atoms with Crippen molar-refractivity contribution in [1.29, 1.82) is 0 Å². The number of fused-ring (bicyclic) bond motifs is 3. The first-order valence-corrected chi connectivity index (χ1v) is 10.4. The summed E-state index contributed by atoms with van der Waals surface area (Å²) in [6.45, 7) is 13.0. The van der Waals surface area contributed by atoms with Crippen molar-refractivity contribution in [2.24, 2.45) is 17.8 Å². The van der Waals surface area contributed by atoms with Gasteiger partial charge in [-0.05, 0) is 48.5 Å². The minimum Gasteiger partial charge on any atom is -0.460 e. The first-order chi connectivity index (χ1) is 13.7. The molecule has 9 nitrogen and oxygen atoms in total. The molecule has 9 heteroatoms. The Balaban J connectivity index is 1.66. The zero-order valence-electron chi connectivity index (χ0n) is 18.6. The maximum Gasteiger partial charge on any atom is 0.417 e. The Morgan fingerprint density at radius 1 is 1.07 bits per heavy atom. The third-order valence-corrected chi connectivity index (χ3v) is 5.77. The maximum absolute atomic E-state index is 13.2. The zero-order chi connectivity index (χ0) is 22.3. The average molecular weight is 425 g/mol. The molecule has 0 aromatic carbocycles. The number of nitrogens with zero attached hydrogens (tertiary/aromatic N) is 1. The van der Waals surface area contributed by atoms with Crippen LogP contribution in [0.3, 0.4) is 0 Å². The van der Waals surface area contributed by atoms with E-state index in [0.29, 0.717) is 13.0 Å². The first-order valence-electron chi connectivity index (χ1n) is 10.4. The van der Waals surface area contributed by atoms with Crippen LogP contribution in [-0.2, 0) is 33.3 Å². The molecule has 3 aliphatic heterocycles. The molecule has 0 radical (unpaired) electrons. The second-order valence-corrected chi connectivity index (χ2v) is 10.8. The van der Waals surface area contributed by atoms with Crippen LogP contribution in [0.1, 0.15) is 54.9 Å². The predicted molar refractivity (Wildman–Crippen MR) is 102 cm³/mol. The van der Waals surface area contributed by atoms with Crippen molar-refractivity contribution < 1.29 is 38.1 Å². The SMILES string of the molecule is CC(C)(C)OC(=O)[C@@H]1[C@H]2C(=O)N(C(=O)OC(C)(C)C)[C@H](C34OCCC(C)(CO3)O4)[C@@H]12. The molecular weight excluding hydrogens is 394 g/mol. The zero-order valence-corrected chi connectivity index (χ0v) is 18.6. The van der Waals surface area contributed by atoms with E-state index >= 15 is 0 Å². The van der Waals surface area contributed by atoms with Gasteiger partial charge in [0.1, 0.15) is 17.2 Å². The van der Waals surface area contributed by atoms with Crippen molar-refractivity contribution in [2.75, 3.05) is 13.2 Å². The number of imide groups is 1. The number of piperidine rings is 1. The standard InChI is InChI=1S/C21H31NO8/c1-18(2,3)28-16(24)13-11-12(13)15(23)22(17(25)29-19(4,5)6)14(11)21-26-9-8-20(7,30-21)10-27-21/h11-14H,8-10H2,1-7H3/t11-,12+,13+,14+,20?,21?/m1/s1. The lowest BCUT2D eigenvalue weighted by Crippen LogP contribution is -2.61. The van der Waals surface area contributed by atoms with Crippen molar-refractivity contribution in [2.45, 2.75) is 83.7 Å². The quantitative estimate of drug-likeness (QED) is 0.621. The number of hydrogen-bond acceptors (Lipinski definition) is 8. The van der Waals surface area contributed by atoms with Crippen LogP contribution < -0.4 is 0 Å². The summed E-state index contributed by atoms with van der Waals surface area (Å²) >= 11 is 0. The summed E-state index contributed by atoms with van der Waals surface area (Å²) in [4.78, 5) is 39.9. The number of amides is 2. The molecule has 3 heterocycles. The Bertz CT molecular complexity index is 783. The van der Waals surface area contributed by atoms with Gasteiger partial charge in [0.15, 0.2) is 0 Å². The minimum atomic E-state index is -1.60. The van der Waals surface area contributed by atoms with E-state index in [9.17, 15) is 14.4 Å². The van der Waals surface area contributed by atoms with Gasteiger partial charge < -0.3 is 23.7 Å². The Labute approximate surface area is 176 Å². The van der Waals surface area contributed by atoms with E-state index in [-0.39, 0.29) is 6.61 Å². The van der Waals surface area contributed by atoms with Crippen molar-refractivity contribution in [3.05, 3.63) is 0 Å². The number of esters is 1. The first kappa shape index (κ1) is 21.5. The van der Waals surface area contributed by atoms with Gasteiger partial charge in [0.25, 0.3) is 0 Å². The molecule has 30 heavy (non-hydrogen) atoms. The number of carbonyl (C=O) groups is 3. The lowest BCUT2D eigenvalue weighted by molar-refractivity contribution is -0.387. The highest BCUT2D eigenvalue weighted by atomic mass is 16.9. The van der Waals surface area contributed by atoms with E-state index in [1.807, 2.05) is 6.92 Å². The third-order valence-electron chi connectivity index (χ3n) is 5.77. The smallest absolute Gasteiger partial charge is 0.417 e. The Kier molecular flexibility index (Phi) is 4.59. The highest BCUT2D eigenvalue weighted by Gasteiger charge is 2.79. The Hall–Kier alpha value is -1.71. The monoisotopic (exact) mass is 425 g/mol. The average Bonchev–Trinajstić information content (AvgIpc) is 3.14. The molecular formula is C21H31NO8. The van der Waals surface area contributed by atoms with E-state index in [1.165, 1.54) is 0 Å². The van der Waals surface area contributed by atoms with Crippen LogP contribution in [-0.4, -0.2) is 64.9 Å². The van der Waals surface area contributed by atoms with Crippen molar-refractivity contribution in [1.82, 2.24) is 4.90 Å². The molecule has 4 aliphatic rings. The summed E-state index contributed by atoms with van der Waals surface area (Å²) in [6, 6.07) is -0.926. The lowest BCUT2D eigenvalue weighted by Gasteiger charge is -2.42. The molecule has 0 aromatic rings.